The molecule has 0 spiro atoms. The Bertz CT molecular complexity index is 425. The van der Waals surface area contributed by atoms with E-state index in [0.29, 0.717) is 0 Å². The molecule has 0 aromatic rings. The van der Waals surface area contributed by atoms with Gasteiger partial charge in [0.2, 0.25) is 0 Å². The van der Waals surface area contributed by atoms with Crippen LogP contribution in [0.4, 0.5) is 0 Å². The van der Waals surface area contributed by atoms with Gasteiger partial charge in [0, 0.05) is 11.1 Å². The summed E-state index contributed by atoms with van der Waals surface area (Å²) in [7, 11) is 0. The molecule has 15 heavy (non-hydrogen) atoms. The maximum absolute atomic E-state index is 4.72. The highest BCUT2D eigenvalue weighted by Gasteiger charge is 2.66. The average molecular weight is 199 g/mol. The summed E-state index contributed by atoms with van der Waals surface area (Å²) in [6.45, 7) is 16.0. The molecule has 0 saturated heterocycles. The van der Waals surface area contributed by atoms with Crippen molar-refractivity contribution in [1.82, 2.24) is 0 Å². The quantitative estimate of drug-likeness (QED) is 0.604. The summed E-state index contributed by atoms with van der Waals surface area (Å²) in [5.41, 5.74) is 3.36. The second kappa shape index (κ2) is 2.82. The van der Waals surface area contributed by atoms with Crippen LogP contribution in [-0.2, 0) is 0 Å². The first-order valence-corrected chi connectivity index (χ1v) is 5.24. The zero-order chi connectivity index (χ0) is 11.3. The van der Waals surface area contributed by atoms with Crippen LogP contribution in [0.2, 0.25) is 0 Å². The van der Waals surface area contributed by atoms with Crippen molar-refractivity contribution in [3.05, 3.63) is 49.1 Å². The predicted octanol–water partition coefficient (Wildman–Crippen LogP) is 3.46. The van der Waals surface area contributed by atoms with E-state index in [2.05, 4.69) is 32.7 Å². The second-order valence-electron chi connectivity index (χ2n) is 4.63. The van der Waals surface area contributed by atoms with Gasteiger partial charge in [0.25, 0.3) is 0 Å². The monoisotopic (exact) mass is 199 g/mol. The Morgan fingerprint density at radius 1 is 1.40 bits per heavy atom. The van der Waals surface area contributed by atoms with Gasteiger partial charge in [-0.1, -0.05) is 38.3 Å². The van der Waals surface area contributed by atoms with Gasteiger partial charge in [0.1, 0.15) is 0 Å². The highest BCUT2D eigenvalue weighted by molar-refractivity contribution is 6.04. The molecule has 78 valence electrons. The van der Waals surface area contributed by atoms with Crippen molar-refractivity contribution in [1.29, 1.82) is 0 Å². The lowest BCUT2D eigenvalue weighted by molar-refractivity contribution is 0.590. The van der Waals surface area contributed by atoms with Crippen molar-refractivity contribution in [2.24, 2.45) is 10.4 Å². The molecule has 0 radical (unpaired) electrons. The normalized spacial score (nSPS) is 40.8. The van der Waals surface area contributed by atoms with Gasteiger partial charge < -0.3 is 0 Å². The molecule has 0 aromatic heterocycles. The van der Waals surface area contributed by atoms with Crippen LogP contribution < -0.4 is 0 Å². The van der Waals surface area contributed by atoms with Crippen LogP contribution in [0.1, 0.15) is 20.3 Å². The molecule has 2 rings (SSSR count). The van der Waals surface area contributed by atoms with Crippen LogP contribution in [0.25, 0.3) is 0 Å². The fraction of sp³-hybridized carbons (Fsp3) is 0.357. The Labute approximate surface area is 91.6 Å². The molecular weight excluding hydrogens is 182 g/mol. The standard InChI is InChI=1S/C14H17N/c1-6-8-12-10(3)11(4)15-14(7-2)9-13(12,14)5/h6-8H,1-3,9H2,4-5H3/b12-8+. The first-order valence-electron chi connectivity index (χ1n) is 5.24. The van der Waals surface area contributed by atoms with E-state index in [0.717, 1.165) is 17.7 Å². The molecule has 2 unspecified atom stereocenters. The second-order valence-corrected chi connectivity index (χ2v) is 4.63. The molecule has 1 nitrogen and oxygen atoms in total. The predicted molar refractivity (Wildman–Crippen MR) is 66.2 cm³/mol. The van der Waals surface area contributed by atoms with Gasteiger partial charge >= 0.3 is 0 Å². The van der Waals surface area contributed by atoms with Crippen LogP contribution in [0.15, 0.2) is 54.1 Å². The minimum Gasteiger partial charge on any atom is -0.278 e. The fourth-order valence-electron chi connectivity index (χ4n) is 2.63. The third-order valence-corrected chi connectivity index (χ3v) is 3.80. The minimum atomic E-state index is -0.0763. The molecule has 1 aliphatic heterocycles. The van der Waals surface area contributed by atoms with Gasteiger partial charge in [-0.05, 0) is 24.5 Å². The largest absolute Gasteiger partial charge is 0.278 e. The molecular formula is C14H17N. The van der Waals surface area contributed by atoms with Crippen molar-refractivity contribution in [2.45, 2.75) is 25.8 Å². The highest BCUT2D eigenvalue weighted by Crippen LogP contribution is 2.67. The molecule has 2 atom stereocenters. The van der Waals surface area contributed by atoms with Gasteiger partial charge in [0.05, 0.1) is 5.54 Å². The van der Waals surface area contributed by atoms with Crippen molar-refractivity contribution in [2.75, 3.05) is 0 Å². The van der Waals surface area contributed by atoms with E-state index < -0.39 is 0 Å². The maximum Gasteiger partial charge on any atom is 0.0892 e. The first-order chi connectivity index (χ1) is 7.00. The molecule has 2 aliphatic rings. The fourth-order valence-corrected chi connectivity index (χ4v) is 2.63. The minimum absolute atomic E-state index is 0.0763. The Kier molecular flexibility index (Phi) is 1.91. The molecule has 0 N–H and O–H groups in total. The number of aliphatic imine (C=N–C) groups is 1. The van der Waals surface area contributed by atoms with E-state index in [1.54, 1.807) is 0 Å². The Hall–Kier alpha value is -1.37. The summed E-state index contributed by atoms with van der Waals surface area (Å²) in [5, 5.41) is 0. The van der Waals surface area contributed by atoms with Crippen molar-refractivity contribution in [3.63, 3.8) is 0 Å². The zero-order valence-corrected chi connectivity index (χ0v) is 9.51. The Morgan fingerprint density at radius 3 is 2.60 bits per heavy atom. The molecule has 1 saturated carbocycles. The van der Waals surface area contributed by atoms with Gasteiger partial charge in [-0.3, -0.25) is 4.99 Å². The topological polar surface area (TPSA) is 12.4 Å². The molecule has 1 heteroatoms. The summed E-state index contributed by atoms with van der Waals surface area (Å²) in [5.74, 6) is 0. The van der Waals surface area contributed by atoms with Crippen LogP contribution in [0.3, 0.4) is 0 Å². The van der Waals surface area contributed by atoms with E-state index in [4.69, 9.17) is 4.99 Å². The lowest BCUT2D eigenvalue weighted by Gasteiger charge is -2.27. The summed E-state index contributed by atoms with van der Waals surface area (Å²) >= 11 is 0. The van der Waals surface area contributed by atoms with Crippen LogP contribution in [0.5, 0.6) is 0 Å². The lowest BCUT2D eigenvalue weighted by atomic mass is 9.83. The molecule has 0 aromatic carbocycles. The third kappa shape index (κ3) is 1.06. The van der Waals surface area contributed by atoms with Crippen molar-refractivity contribution < 1.29 is 0 Å². The highest BCUT2D eigenvalue weighted by atomic mass is 15.0. The van der Waals surface area contributed by atoms with Gasteiger partial charge in [-0.25, -0.2) is 0 Å². The molecule has 1 aliphatic carbocycles. The Balaban J connectivity index is 2.59. The van der Waals surface area contributed by atoms with Gasteiger partial charge in [-0.2, -0.15) is 0 Å². The summed E-state index contributed by atoms with van der Waals surface area (Å²) in [6.07, 6.45) is 6.90. The summed E-state index contributed by atoms with van der Waals surface area (Å²) in [4.78, 5) is 4.72. The van der Waals surface area contributed by atoms with E-state index in [1.807, 2.05) is 19.1 Å². The van der Waals surface area contributed by atoms with E-state index in [1.165, 1.54) is 5.57 Å². The molecule has 1 fully saturated rings. The third-order valence-electron chi connectivity index (χ3n) is 3.80. The van der Waals surface area contributed by atoms with Crippen LogP contribution in [-0.4, -0.2) is 11.3 Å². The van der Waals surface area contributed by atoms with Gasteiger partial charge in [0.15, 0.2) is 0 Å². The molecule has 1 heterocycles. The van der Waals surface area contributed by atoms with Crippen LogP contribution >= 0.6 is 0 Å². The number of rotatable bonds is 2. The number of hydrogen-bond acceptors (Lipinski definition) is 1. The molecule has 0 bridgehead atoms. The lowest BCUT2D eigenvalue weighted by Crippen LogP contribution is -2.25. The van der Waals surface area contributed by atoms with Crippen molar-refractivity contribution >= 4 is 5.71 Å². The van der Waals surface area contributed by atoms with Gasteiger partial charge in [-0.15, -0.1) is 6.58 Å². The smallest absolute Gasteiger partial charge is 0.0892 e. The number of nitrogens with zero attached hydrogens (tertiary/aromatic N) is 1. The number of fused-ring (bicyclic) bond motifs is 1. The summed E-state index contributed by atoms with van der Waals surface area (Å²) in [6, 6.07) is 0. The first kappa shape index (κ1) is 10.2. The van der Waals surface area contributed by atoms with E-state index in [9.17, 15) is 0 Å². The average Bonchev–Trinajstić information content (AvgIpc) is 2.80. The number of hydrogen-bond donors (Lipinski definition) is 0. The number of allylic oxidation sites excluding steroid dienone is 3. The van der Waals surface area contributed by atoms with E-state index >= 15 is 0 Å². The summed E-state index contributed by atoms with van der Waals surface area (Å²) < 4.78 is 0. The van der Waals surface area contributed by atoms with E-state index in [-0.39, 0.29) is 11.0 Å². The van der Waals surface area contributed by atoms with Crippen LogP contribution in [0, 0.1) is 5.41 Å². The molecule has 0 amide bonds. The SMILES string of the molecule is C=C/C=C1\C(=C)C(C)=NC2(C=C)CC12C. The maximum atomic E-state index is 4.72. The Morgan fingerprint density at radius 2 is 2.07 bits per heavy atom. The van der Waals surface area contributed by atoms with Crippen molar-refractivity contribution in [3.8, 4) is 0 Å². The zero-order valence-electron chi connectivity index (χ0n) is 9.51.